The molecule has 1 spiro atoms. The van der Waals surface area contributed by atoms with Crippen LogP contribution in [-0.4, -0.2) is 53.2 Å². The number of hydrogen-bond donors (Lipinski definition) is 1. The van der Waals surface area contributed by atoms with Gasteiger partial charge in [0.15, 0.2) is 23.4 Å². The van der Waals surface area contributed by atoms with Crippen molar-refractivity contribution >= 4 is 5.78 Å². The van der Waals surface area contributed by atoms with Gasteiger partial charge in [0.1, 0.15) is 5.60 Å². The molecule has 5 aliphatic rings. The molecule has 1 N–H and O–H groups in total. The highest BCUT2D eigenvalue weighted by atomic mass is 16.5. The van der Waals surface area contributed by atoms with Crippen molar-refractivity contribution in [2.24, 2.45) is 5.92 Å². The second kappa shape index (κ2) is 6.61. The van der Waals surface area contributed by atoms with Gasteiger partial charge in [0, 0.05) is 25.1 Å². The molecule has 7 rings (SSSR count). The van der Waals surface area contributed by atoms with Crippen LogP contribution >= 0.6 is 0 Å². The van der Waals surface area contributed by atoms with Crippen molar-refractivity contribution in [2.75, 3.05) is 20.2 Å². The van der Waals surface area contributed by atoms with Crippen LogP contribution in [0.5, 0.6) is 11.5 Å². The number of nitrogens with zero attached hydrogens (tertiary/aromatic N) is 1. The van der Waals surface area contributed by atoms with Crippen molar-refractivity contribution in [3.63, 3.8) is 0 Å². The number of ketones is 1. The van der Waals surface area contributed by atoms with Crippen molar-refractivity contribution in [2.45, 2.75) is 67.6 Å². The lowest BCUT2D eigenvalue weighted by atomic mass is 9.78. The van der Waals surface area contributed by atoms with Crippen molar-refractivity contribution in [1.82, 2.24) is 4.90 Å². The molecule has 2 aromatic carbocycles. The van der Waals surface area contributed by atoms with Gasteiger partial charge in [0.2, 0.25) is 0 Å². The number of ether oxygens (including phenoxy) is 2. The summed E-state index contributed by atoms with van der Waals surface area (Å²) in [5.41, 5.74) is 2.41. The van der Waals surface area contributed by atoms with E-state index in [1.54, 1.807) is 6.07 Å². The van der Waals surface area contributed by atoms with Gasteiger partial charge in [0.05, 0.1) is 11.0 Å². The number of rotatable bonds is 8. The number of aryl methyl sites for hydroxylation is 1. The van der Waals surface area contributed by atoms with Gasteiger partial charge in [-0.2, -0.15) is 0 Å². The molecule has 1 heterocycles. The first-order valence-corrected chi connectivity index (χ1v) is 12.5. The highest BCUT2D eigenvalue weighted by Gasteiger charge is 2.98. The summed E-state index contributed by atoms with van der Waals surface area (Å²) in [6.07, 6.45) is 6.04. The van der Waals surface area contributed by atoms with E-state index in [2.05, 4.69) is 36.2 Å². The van der Waals surface area contributed by atoms with E-state index in [9.17, 15) is 9.90 Å². The van der Waals surface area contributed by atoms with Gasteiger partial charge < -0.3 is 14.6 Å². The first kappa shape index (κ1) is 20.0. The van der Waals surface area contributed by atoms with E-state index in [1.807, 2.05) is 12.1 Å². The average Bonchev–Trinajstić information content (AvgIpc) is 3.63. The standard InChI is InChI=1S/C28H31NO4/c1-29(17-19-9-10-19)26-16-20-11-12-21(30)24-23(20)28(26)25(33-24)22(31)13-14-27(26,28)32-15-5-8-18-6-3-2-4-7-18/h2-4,6-7,11-12,19,25,30H,5,8-10,13-17H2,1H3/t25-,26?,27+,28?/m0/s1. The van der Waals surface area contributed by atoms with Crippen LogP contribution < -0.4 is 4.74 Å². The topological polar surface area (TPSA) is 59.0 Å². The van der Waals surface area contributed by atoms with Crippen LogP contribution in [0.3, 0.4) is 0 Å². The number of carbonyl (C=O) groups is 1. The molecule has 33 heavy (non-hydrogen) atoms. The highest BCUT2D eigenvalue weighted by Crippen LogP contribution is 2.84. The molecule has 172 valence electrons. The smallest absolute Gasteiger partial charge is 0.174 e. The van der Waals surface area contributed by atoms with Crippen LogP contribution in [0.15, 0.2) is 42.5 Å². The lowest BCUT2D eigenvalue weighted by molar-refractivity contribution is -0.133. The summed E-state index contributed by atoms with van der Waals surface area (Å²) in [5.74, 6) is 1.58. The summed E-state index contributed by atoms with van der Waals surface area (Å²) in [4.78, 5) is 15.7. The number of carbonyl (C=O) groups excluding carboxylic acids is 1. The fourth-order valence-corrected chi connectivity index (χ4v) is 7.92. The molecule has 5 nitrogen and oxygen atoms in total. The molecule has 0 aromatic heterocycles. The van der Waals surface area contributed by atoms with E-state index >= 15 is 0 Å². The number of aromatic hydroxyl groups is 1. The Morgan fingerprint density at radius 1 is 1.18 bits per heavy atom. The average molecular weight is 446 g/mol. The van der Waals surface area contributed by atoms with Gasteiger partial charge >= 0.3 is 0 Å². The van der Waals surface area contributed by atoms with E-state index in [0.717, 1.165) is 43.7 Å². The van der Waals surface area contributed by atoms with Crippen molar-refractivity contribution in [3.05, 3.63) is 59.2 Å². The minimum atomic E-state index is -0.549. The van der Waals surface area contributed by atoms with Gasteiger partial charge in [-0.05, 0) is 68.7 Å². The number of benzene rings is 2. The Hall–Kier alpha value is -2.37. The molecule has 3 fully saturated rings. The molecule has 2 unspecified atom stereocenters. The van der Waals surface area contributed by atoms with Crippen LogP contribution in [0.1, 0.15) is 48.8 Å². The lowest BCUT2D eigenvalue weighted by Crippen LogP contribution is -2.46. The largest absolute Gasteiger partial charge is 0.504 e. The fourth-order valence-electron chi connectivity index (χ4n) is 7.92. The van der Waals surface area contributed by atoms with Crippen LogP contribution in [-0.2, 0) is 27.8 Å². The first-order valence-electron chi connectivity index (χ1n) is 12.5. The van der Waals surface area contributed by atoms with Crippen molar-refractivity contribution < 1.29 is 19.4 Å². The van der Waals surface area contributed by atoms with Gasteiger partial charge in [0.25, 0.3) is 0 Å². The maximum absolute atomic E-state index is 13.2. The number of hydrogen-bond acceptors (Lipinski definition) is 5. The Morgan fingerprint density at radius 2 is 2.00 bits per heavy atom. The third-order valence-corrected chi connectivity index (χ3v) is 9.29. The zero-order chi connectivity index (χ0) is 22.4. The number of likely N-dealkylation sites (N-methyl/N-ethyl adjacent to an activating group) is 1. The second-order valence-electron chi connectivity index (χ2n) is 10.8. The Morgan fingerprint density at radius 3 is 2.79 bits per heavy atom. The van der Waals surface area contributed by atoms with Crippen molar-refractivity contribution in [1.29, 1.82) is 0 Å². The van der Waals surface area contributed by atoms with E-state index in [-0.39, 0.29) is 17.1 Å². The monoisotopic (exact) mass is 445 g/mol. The summed E-state index contributed by atoms with van der Waals surface area (Å²) in [6.45, 7) is 1.70. The first-order chi connectivity index (χ1) is 16.0. The fraction of sp³-hybridized carbons (Fsp3) is 0.536. The van der Waals surface area contributed by atoms with Gasteiger partial charge in [-0.25, -0.2) is 0 Å². The normalized spacial score (nSPS) is 34.8. The molecule has 0 bridgehead atoms. The quantitative estimate of drug-likeness (QED) is 0.627. The van der Waals surface area contributed by atoms with E-state index in [1.165, 1.54) is 24.0 Å². The third kappa shape index (κ3) is 2.28. The summed E-state index contributed by atoms with van der Waals surface area (Å²) in [6, 6.07) is 14.3. The molecule has 0 amide bonds. The second-order valence-corrected chi connectivity index (χ2v) is 10.8. The predicted molar refractivity (Wildman–Crippen MR) is 124 cm³/mol. The number of phenolic OH excluding ortho intramolecular Hbond substituents is 1. The van der Waals surface area contributed by atoms with E-state index < -0.39 is 17.1 Å². The summed E-state index contributed by atoms with van der Waals surface area (Å²) in [7, 11) is 2.23. The predicted octanol–water partition coefficient (Wildman–Crippen LogP) is 3.79. The van der Waals surface area contributed by atoms with Crippen LogP contribution in [0.25, 0.3) is 0 Å². The number of Topliss-reactive ketones (excluding diaryl/α,β-unsaturated/α-hetero) is 1. The van der Waals surface area contributed by atoms with Gasteiger partial charge in [-0.1, -0.05) is 36.4 Å². The van der Waals surface area contributed by atoms with E-state index in [4.69, 9.17) is 9.47 Å². The molecule has 5 heteroatoms. The third-order valence-electron chi connectivity index (χ3n) is 9.29. The molecule has 4 atom stereocenters. The van der Waals surface area contributed by atoms with Crippen LogP contribution in [0.2, 0.25) is 0 Å². The maximum Gasteiger partial charge on any atom is 0.174 e. The summed E-state index contributed by atoms with van der Waals surface area (Å²) >= 11 is 0. The van der Waals surface area contributed by atoms with Gasteiger partial charge in [-0.15, -0.1) is 0 Å². The highest BCUT2D eigenvalue weighted by molar-refractivity contribution is 5.94. The SMILES string of the molecule is CN(CC1CC1)C12Cc3ccc(O)c4c3C13[C@@H](O4)C(=O)CC[C@]32OCCCc1ccccc1. The maximum atomic E-state index is 13.2. The molecule has 3 saturated carbocycles. The Kier molecular flexibility index (Phi) is 4.01. The minimum Gasteiger partial charge on any atom is -0.504 e. The van der Waals surface area contributed by atoms with E-state index in [0.29, 0.717) is 18.8 Å². The number of fused-ring (bicyclic) bond motifs is 1. The molecular formula is C28H31NO4. The Balaban J connectivity index is 1.27. The molecule has 1 aliphatic heterocycles. The zero-order valence-electron chi connectivity index (χ0n) is 19.2. The molecule has 0 saturated heterocycles. The van der Waals surface area contributed by atoms with Crippen molar-refractivity contribution in [3.8, 4) is 11.5 Å². The van der Waals surface area contributed by atoms with Crippen LogP contribution in [0, 0.1) is 5.92 Å². The molecule has 4 aliphatic carbocycles. The summed E-state index contributed by atoms with van der Waals surface area (Å²) in [5, 5.41) is 10.7. The summed E-state index contributed by atoms with van der Waals surface area (Å²) < 4.78 is 13.2. The minimum absolute atomic E-state index is 0.149. The van der Waals surface area contributed by atoms with Gasteiger partial charge in [-0.3, -0.25) is 9.69 Å². The number of phenols is 1. The molecule has 0 radical (unpaired) electrons. The lowest BCUT2D eigenvalue weighted by Gasteiger charge is -2.34. The Labute approximate surface area is 194 Å². The zero-order valence-corrected chi connectivity index (χ0v) is 19.2. The Bertz CT molecular complexity index is 1140. The van der Waals surface area contributed by atoms with Crippen LogP contribution in [0.4, 0.5) is 0 Å². The molecule has 2 aromatic rings. The molecular weight excluding hydrogens is 414 g/mol.